The van der Waals surface area contributed by atoms with Gasteiger partial charge in [-0.2, -0.15) is 0 Å². The molecule has 0 unspecified atom stereocenters. The third-order valence-corrected chi connectivity index (χ3v) is 3.04. The number of amides is 1. The summed E-state index contributed by atoms with van der Waals surface area (Å²) in [5.74, 6) is 0.953. The molecule has 2 aromatic carbocycles. The number of hydrogen-bond acceptors (Lipinski definition) is 3. The number of benzene rings is 2. The van der Waals surface area contributed by atoms with Gasteiger partial charge in [-0.15, -0.1) is 0 Å². The lowest BCUT2D eigenvalue weighted by Gasteiger charge is -2.09. The van der Waals surface area contributed by atoms with Crippen LogP contribution in [0.15, 0.2) is 48.5 Å². The Bertz CT molecular complexity index is 596. The van der Waals surface area contributed by atoms with Crippen molar-refractivity contribution in [3.63, 3.8) is 0 Å². The van der Waals surface area contributed by atoms with E-state index in [1.165, 1.54) is 0 Å². The van der Waals surface area contributed by atoms with Crippen LogP contribution in [0.2, 0.25) is 0 Å². The van der Waals surface area contributed by atoms with Crippen LogP contribution in [0, 0.1) is 6.92 Å². The molecule has 0 aliphatic carbocycles. The predicted octanol–water partition coefficient (Wildman–Crippen LogP) is 3.50. The van der Waals surface area contributed by atoms with Crippen molar-refractivity contribution in [1.82, 2.24) is 0 Å². The molecule has 0 bridgehead atoms. The maximum absolute atomic E-state index is 11.8. The van der Waals surface area contributed by atoms with Crippen LogP contribution in [0.1, 0.15) is 18.4 Å². The molecule has 0 fully saturated rings. The molecule has 1 amide bonds. The monoisotopic (exact) mass is 285 g/mol. The van der Waals surface area contributed by atoms with Crippen LogP contribution in [0.25, 0.3) is 0 Å². The van der Waals surface area contributed by atoms with Crippen LogP contribution in [-0.2, 0) is 4.79 Å². The summed E-state index contributed by atoms with van der Waals surface area (Å²) in [5, 5.41) is 12.2. The lowest BCUT2D eigenvalue weighted by molar-refractivity contribution is -0.116. The van der Waals surface area contributed by atoms with Gasteiger partial charge in [0.25, 0.3) is 0 Å². The lowest BCUT2D eigenvalue weighted by Crippen LogP contribution is -2.13. The van der Waals surface area contributed by atoms with Crippen LogP contribution in [0.4, 0.5) is 5.69 Å². The highest BCUT2D eigenvalue weighted by Crippen LogP contribution is 2.20. The van der Waals surface area contributed by atoms with Gasteiger partial charge in [-0.05, 0) is 49.2 Å². The van der Waals surface area contributed by atoms with Gasteiger partial charge >= 0.3 is 0 Å². The first-order chi connectivity index (χ1) is 10.1. The summed E-state index contributed by atoms with van der Waals surface area (Å²) < 4.78 is 5.53. The van der Waals surface area contributed by atoms with E-state index in [4.69, 9.17) is 4.74 Å². The van der Waals surface area contributed by atoms with Gasteiger partial charge in [-0.1, -0.05) is 18.2 Å². The highest BCUT2D eigenvalue weighted by Gasteiger charge is 2.05. The fraction of sp³-hybridized carbons (Fsp3) is 0.235. The molecule has 0 spiro atoms. The molecule has 0 aliphatic rings. The summed E-state index contributed by atoms with van der Waals surface area (Å²) in [6.45, 7) is 2.35. The topological polar surface area (TPSA) is 58.6 Å². The number of phenolic OH excluding ortho intramolecular Hbond substituents is 1. The minimum Gasteiger partial charge on any atom is -0.508 e. The van der Waals surface area contributed by atoms with Gasteiger partial charge in [0, 0.05) is 12.1 Å². The smallest absolute Gasteiger partial charge is 0.224 e. The number of phenols is 1. The molecular formula is C17H19NO3. The molecule has 0 atom stereocenters. The second-order valence-corrected chi connectivity index (χ2v) is 4.81. The molecule has 110 valence electrons. The molecule has 0 aromatic heterocycles. The standard InChI is InChI=1S/C17H19NO3/c1-13-12-14(19)9-10-16(13)18-17(20)8-5-11-21-15-6-3-2-4-7-15/h2-4,6-7,9-10,12,19H,5,8,11H2,1H3,(H,18,20). The Kier molecular flexibility index (Phi) is 5.21. The van der Waals surface area contributed by atoms with E-state index in [2.05, 4.69) is 5.32 Å². The molecule has 4 nitrogen and oxygen atoms in total. The van der Waals surface area contributed by atoms with E-state index in [0.717, 1.165) is 17.0 Å². The normalized spacial score (nSPS) is 10.1. The average molecular weight is 285 g/mol. The van der Waals surface area contributed by atoms with E-state index >= 15 is 0 Å². The Balaban J connectivity index is 1.72. The van der Waals surface area contributed by atoms with Gasteiger partial charge in [0.1, 0.15) is 11.5 Å². The zero-order valence-electron chi connectivity index (χ0n) is 12.0. The van der Waals surface area contributed by atoms with E-state index in [0.29, 0.717) is 19.4 Å². The number of para-hydroxylation sites is 1. The molecule has 2 rings (SSSR count). The zero-order chi connectivity index (χ0) is 15.1. The number of hydrogen-bond donors (Lipinski definition) is 2. The number of carbonyl (C=O) groups excluding carboxylic acids is 1. The first-order valence-corrected chi connectivity index (χ1v) is 6.92. The lowest BCUT2D eigenvalue weighted by atomic mass is 10.2. The van der Waals surface area contributed by atoms with Crippen LogP contribution in [-0.4, -0.2) is 17.6 Å². The van der Waals surface area contributed by atoms with E-state index in [1.807, 2.05) is 37.3 Å². The van der Waals surface area contributed by atoms with Crippen molar-refractivity contribution in [3.05, 3.63) is 54.1 Å². The van der Waals surface area contributed by atoms with Crippen LogP contribution < -0.4 is 10.1 Å². The molecule has 0 heterocycles. The maximum atomic E-state index is 11.8. The summed E-state index contributed by atoms with van der Waals surface area (Å²) >= 11 is 0. The summed E-state index contributed by atoms with van der Waals surface area (Å²) in [5.41, 5.74) is 1.56. The van der Waals surface area contributed by atoms with Crippen molar-refractivity contribution in [2.45, 2.75) is 19.8 Å². The van der Waals surface area contributed by atoms with Crippen LogP contribution in [0.5, 0.6) is 11.5 Å². The van der Waals surface area contributed by atoms with Crippen molar-refractivity contribution in [2.75, 3.05) is 11.9 Å². The summed E-state index contributed by atoms with van der Waals surface area (Å²) in [6, 6.07) is 14.4. The zero-order valence-corrected chi connectivity index (χ0v) is 12.0. The Morgan fingerprint density at radius 2 is 1.95 bits per heavy atom. The first-order valence-electron chi connectivity index (χ1n) is 6.92. The second kappa shape index (κ2) is 7.33. The molecular weight excluding hydrogens is 266 g/mol. The van der Waals surface area contributed by atoms with Crippen molar-refractivity contribution < 1.29 is 14.6 Å². The minimum absolute atomic E-state index is 0.0551. The van der Waals surface area contributed by atoms with Crippen molar-refractivity contribution in [2.24, 2.45) is 0 Å². The first kappa shape index (κ1) is 14.9. The van der Waals surface area contributed by atoms with Gasteiger partial charge in [0.15, 0.2) is 0 Å². The number of anilines is 1. The van der Waals surface area contributed by atoms with Crippen LogP contribution in [0.3, 0.4) is 0 Å². The number of rotatable bonds is 6. The number of ether oxygens (including phenoxy) is 1. The number of nitrogens with one attached hydrogen (secondary N) is 1. The third-order valence-electron chi connectivity index (χ3n) is 3.04. The number of aryl methyl sites for hydroxylation is 1. The van der Waals surface area contributed by atoms with E-state index in [1.54, 1.807) is 18.2 Å². The molecule has 0 radical (unpaired) electrons. The van der Waals surface area contributed by atoms with Crippen molar-refractivity contribution in [3.8, 4) is 11.5 Å². The quantitative estimate of drug-likeness (QED) is 0.631. The molecule has 0 saturated heterocycles. The fourth-order valence-corrected chi connectivity index (χ4v) is 1.94. The second-order valence-electron chi connectivity index (χ2n) is 4.81. The van der Waals surface area contributed by atoms with Crippen LogP contribution >= 0.6 is 0 Å². The Hall–Kier alpha value is -2.49. The van der Waals surface area contributed by atoms with Gasteiger partial charge < -0.3 is 15.2 Å². The van der Waals surface area contributed by atoms with Gasteiger partial charge in [0.2, 0.25) is 5.91 Å². The molecule has 4 heteroatoms. The molecule has 0 aliphatic heterocycles. The predicted molar refractivity (Wildman–Crippen MR) is 82.6 cm³/mol. The minimum atomic E-state index is -0.0551. The summed E-state index contributed by atoms with van der Waals surface area (Å²) in [4.78, 5) is 11.8. The van der Waals surface area contributed by atoms with Gasteiger partial charge in [0.05, 0.1) is 6.61 Å². The maximum Gasteiger partial charge on any atom is 0.224 e. The Morgan fingerprint density at radius 3 is 2.67 bits per heavy atom. The van der Waals surface area contributed by atoms with E-state index in [-0.39, 0.29) is 11.7 Å². The highest BCUT2D eigenvalue weighted by atomic mass is 16.5. The number of aromatic hydroxyl groups is 1. The molecule has 0 saturated carbocycles. The average Bonchev–Trinajstić information content (AvgIpc) is 2.48. The third kappa shape index (κ3) is 4.84. The Morgan fingerprint density at radius 1 is 1.19 bits per heavy atom. The summed E-state index contributed by atoms with van der Waals surface area (Å²) in [6.07, 6.45) is 1.05. The molecule has 2 N–H and O–H groups in total. The van der Waals surface area contributed by atoms with Gasteiger partial charge in [-0.25, -0.2) is 0 Å². The Labute approximate surface area is 124 Å². The highest BCUT2D eigenvalue weighted by molar-refractivity contribution is 5.91. The molecule has 21 heavy (non-hydrogen) atoms. The largest absolute Gasteiger partial charge is 0.508 e. The van der Waals surface area contributed by atoms with Crippen molar-refractivity contribution >= 4 is 11.6 Å². The number of carbonyl (C=O) groups is 1. The fourth-order valence-electron chi connectivity index (χ4n) is 1.94. The molecule has 2 aromatic rings. The van der Waals surface area contributed by atoms with E-state index < -0.39 is 0 Å². The SMILES string of the molecule is Cc1cc(O)ccc1NC(=O)CCCOc1ccccc1. The summed E-state index contributed by atoms with van der Waals surface area (Å²) in [7, 11) is 0. The van der Waals surface area contributed by atoms with E-state index in [9.17, 15) is 9.90 Å². The van der Waals surface area contributed by atoms with Crippen molar-refractivity contribution in [1.29, 1.82) is 0 Å². The van der Waals surface area contributed by atoms with Gasteiger partial charge in [-0.3, -0.25) is 4.79 Å².